The van der Waals surface area contributed by atoms with Crippen LogP contribution >= 0.6 is 0 Å². The van der Waals surface area contributed by atoms with Gasteiger partial charge in [0.05, 0.1) is 6.20 Å². The van der Waals surface area contributed by atoms with E-state index in [-0.39, 0.29) is 0 Å². The third-order valence-corrected chi connectivity index (χ3v) is 4.80. The molecule has 5 heteroatoms. The van der Waals surface area contributed by atoms with Gasteiger partial charge in [-0.2, -0.15) is 5.10 Å². The van der Waals surface area contributed by atoms with Crippen molar-refractivity contribution in [1.29, 1.82) is 0 Å². The molecule has 0 aromatic carbocycles. The summed E-state index contributed by atoms with van der Waals surface area (Å²) < 4.78 is 0. The highest BCUT2D eigenvalue weighted by Crippen LogP contribution is 2.36. The van der Waals surface area contributed by atoms with Crippen molar-refractivity contribution in [2.45, 2.75) is 31.6 Å². The Balaban J connectivity index is 1.48. The molecule has 2 aromatic rings. The third-order valence-electron chi connectivity index (χ3n) is 4.80. The zero-order valence-electron chi connectivity index (χ0n) is 12.5. The average Bonchev–Trinajstić information content (AvgIpc) is 3.32. The number of aromatic amines is 1. The Morgan fingerprint density at radius 3 is 2.55 bits per heavy atom. The molecule has 5 nitrogen and oxygen atoms in total. The van der Waals surface area contributed by atoms with Crippen molar-refractivity contribution in [2.75, 3.05) is 13.1 Å². The number of aromatic nitrogens is 3. The molecule has 1 N–H and O–H groups in total. The summed E-state index contributed by atoms with van der Waals surface area (Å²) in [5.41, 5.74) is 3.51. The Morgan fingerprint density at radius 1 is 1.14 bits per heavy atom. The van der Waals surface area contributed by atoms with Gasteiger partial charge in [0.15, 0.2) is 0 Å². The molecule has 1 aliphatic heterocycles. The lowest BCUT2D eigenvalue weighted by molar-refractivity contribution is -0.133. The molecule has 0 atom stereocenters. The number of pyridine rings is 1. The number of likely N-dealkylation sites (tertiary alicyclic amines) is 1. The van der Waals surface area contributed by atoms with E-state index in [0.29, 0.717) is 17.7 Å². The number of piperidine rings is 1. The van der Waals surface area contributed by atoms with Crippen LogP contribution in [0.5, 0.6) is 0 Å². The van der Waals surface area contributed by atoms with Crippen LogP contribution in [0.4, 0.5) is 0 Å². The quantitative estimate of drug-likeness (QED) is 0.947. The number of hydrogen-bond acceptors (Lipinski definition) is 3. The molecule has 1 saturated carbocycles. The third kappa shape index (κ3) is 2.51. The Bertz CT molecular complexity index is 654. The number of H-pyrrole nitrogens is 1. The fraction of sp³-hybridized carbons (Fsp3) is 0.471. The molecular formula is C17H20N4O. The lowest BCUT2D eigenvalue weighted by Gasteiger charge is -2.32. The van der Waals surface area contributed by atoms with Gasteiger partial charge in [0.1, 0.15) is 0 Å². The zero-order chi connectivity index (χ0) is 14.9. The fourth-order valence-electron chi connectivity index (χ4n) is 3.35. The van der Waals surface area contributed by atoms with Gasteiger partial charge in [-0.05, 0) is 43.4 Å². The van der Waals surface area contributed by atoms with Gasteiger partial charge in [-0.1, -0.05) is 0 Å². The van der Waals surface area contributed by atoms with Crippen molar-refractivity contribution in [2.24, 2.45) is 5.92 Å². The number of carbonyl (C=O) groups is 1. The molecule has 0 bridgehead atoms. The van der Waals surface area contributed by atoms with Crippen LogP contribution in [-0.2, 0) is 4.79 Å². The first kappa shape index (κ1) is 13.5. The minimum absolute atomic E-state index is 0.330. The summed E-state index contributed by atoms with van der Waals surface area (Å²) >= 11 is 0. The van der Waals surface area contributed by atoms with Crippen LogP contribution in [-0.4, -0.2) is 39.1 Å². The Kier molecular flexibility index (Phi) is 3.41. The predicted molar refractivity (Wildman–Crippen MR) is 83.1 cm³/mol. The van der Waals surface area contributed by atoms with Crippen LogP contribution in [0.1, 0.15) is 37.3 Å². The van der Waals surface area contributed by atoms with Crippen LogP contribution in [0.3, 0.4) is 0 Å². The highest BCUT2D eigenvalue weighted by Gasteiger charge is 2.35. The first-order valence-corrected chi connectivity index (χ1v) is 8.05. The summed E-state index contributed by atoms with van der Waals surface area (Å²) in [6.45, 7) is 1.74. The molecular weight excluding hydrogens is 276 g/mol. The molecule has 2 fully saturated rings. The lowest BCUT2D eigenvalue weighted by Crippen LogP contribution is -2.38. The van der Waals surface area contributed by atoms with E-state index in [1.54, 1.807) is 0 Å². The number of amides is 1. The lowest BCUT2D eigenvalue weighted by atomic mass is 9.89. The molecule has 2 aromatic heterocycles. The summed E-state index contributed by atoms with van der Waals surface area (Å²) in [5.74, 6) is 1.16. The van der Waals surface area contributed by atoms with Crippen LogP contribution < -0.4 is 0 Å². The monoisotopic (exact) mass is 296 g/mol. The summed E-state index contributed by atoms with van der Waals surface area (Å²) in [6, 6.07) is 4.03. The van der Waals surface area contributed by atoms with Crippen molar-refractivity contribution in [1.82, 2.24) is 20.1 Å². The van der Waals surface area contributed by atoms with E-state index in [2.05, 4.69) is 20.1 Å². The molecule has 2 aliphatic rings. The number of carbonyl (C=O) groups excluding carboxylic acids is 1. The van der Waals surface area contributed by atoms with Gasteiger partial charge in [-0.25, -0.2) is 0 Å². The molecule has 1 aliphatic carbocycles. The van der Waals surface area contributed by atoms with Gasteiger partial charge >= 0.3 is 0 Å². The van der Waals surface area contributed by atoms with Gasteiger partial charge in [0, 0.05) is 48.6 Å². The average molecular weight is 296 g/mol. The zero-order valence-corrected chi connectivity index (χ0v) is 12.5. The highest BCUT2D eigenvalue weighted by molar-refractivity contribution is 5.81. The maximum atomic E-state index is 12.1. The largest absolute Gasteiger partial charge is 0.342 e. The second kappa shape index (κ2) is 5.55. The number of nitrogens with zero attached hydrogens (tertiary/aromatic N) is 3. The molecule has 0 radical (unpaired) electrons. The van der Waals surface area contributed by atoms with Crippen LogP contribution in [0.25, 0.3) is 11.1 Å². The van der Waals surface area contributed by atoms with Crippen molar-refractivity contribution in [3.8, 4) is 11.1 Å². The summed E-state index contributed by atoms with van der Waals surface area (Å²) in [7, 11) is 0. The molecule has 0 unspecified atom stereocenters. The van der Waals surface area contributed by atoms with Gasteiger partial charge in [0.2, 0.25) is 5.91 Å². The van der Waals surface area contributed by atoms with E-state index in [9.17, 15) is 4.79 Å². The van der Waals surface area contributed by atoms with Crippen molar-refractivity contribution < 1.29 is 4.79 Å². The van der Waals surface area contributed by atoms with E-state index < -0.39 is 0 Å². The van der Waals surface area contributed by atoms with E-state index in [1.165, 1.54) is 5.69 Å². The maximum Gasteiger partial charge on any atom is 0.225 e. The number of rotatable bonds is 3. The minimum atomic E-state index is 0.330. The van der Waals surface area contributed by atoms with Gasteiger partial charge in [-0.3, -0.25) is 14.9 Å². The van der Waals surface area contributed by atoms with Crippen molar-refractivity contribution in [3.63, 3.8) is 0 Å². The van der Waals surface area contributed by atoms with Crippen LogP contribution in [0.2, 0.25) is 0 Å². The molecule has 1 amide bonds. The number of nitrogens with one attached hydrogen (secondary N) is 1. The van der Waals surface area contributed by atoms with E-state index in [1.807, 2.05) is 30.7 Å². The second-order valence-corrected chi connectivity index (χ2v) is 6.31. The van der Waals surface area contributed by atoms with Gasteiger partial charge in [-0.15, -0.1) is 0 Å². The smallest absolute Gasteiger partial charge is 0.225 e. The Labute approximate surface area is 129 Å². The second-order valence-electron chi connectivity index (χ2n) is 6.31. The first-order chi connectivity index (χ1) is 10.8. The van der Waals surface area contributed by atoms with Crippen LogP contribution in [0.15, 0.2) is 30.7 Å². The standard InChI is InChI=1S/C17H20N4O/c22-17(14-1-2-14)21-9-5-13(6-10-21)16-15(11-19-20-16)12-3-7-18-8-4-12/h3-4,7-8,11,13-14H,1-2,5-6,9-10H2,(H,19,20). The minimum Gasteiger partial charge on any atom is -0.342 e. The normalized spacial score (nSPS) is 19.4. The van der Waals surface area contributed by atoms with Crippen molar-refractivity contribution in [3.05, 3.63) is 36.4 Å². The van der Waals surface area contributed by atoms with Crippen LogP contribution in [0, 0.1) is 5.92 Å². The van der Waals surface area contributed by atoms with Gasteiger partial charge < -0.3 is 4.90 Å². The summed E-state index contributed by atoms with van der Waals surface area (Å²) in [5, 5.41) is 7.42. The van der Waals surface area contributed by atoms with E-state index in [4.69, 9.17) is 0 Å². The predicted octanol–water partition coefficient (Wildman–Crippen LogP) is 2.59. The fourth-order valence-corrected chi connectivity index (χ4v) is 3.35. The molecule has 3 heterocycles. The number of hydrogen-bond donors (Lipinski definition) is 1. The summed E-state index contributed by atoms with van der Waals surface area (Å²) in [4.78, 5) is 18.3. The Morgan fingerprint density at radius 2 is 1.86 bits per heavy atom. The molecule has 0 spiro atoms. The molecule has 1 saturated heterocycles. The first-order valence-electron chi connectivity index (χ1n) is 8.05. The van der Waals surface area contributed by atoms with E-state index >= 15 is 0 Å². The maximum absolute atomic E-state index is 12.1. The van der Waals surface area contributed by atoms with E-state index in [0.717, 1.165) is 49.9 Å². The molecule has 4 rings (SSSR count). The van der Waals surface area contributed by atoms with Gasteiger partial charge in [0.25, 0.3) is 0 Å². The molecule has 114 valence electrons. The topological polar surface area (TPSA) is 61.9 Å². The Hall–Kier alpha value is -2.17. The van der Waals surface area contributed by atoms with Crippen molar-refractivity contribution >= 4 is 5.91 Å². The SMILES string of the molecule is O=C(C1CC1)N1CCC(c2[nH]ncc2-c2ccncc2)CC1. The molecule has 22 heavy (non-hydrogen) atoms. The summed E-state index contributed by atoms with van der Waals surface area (Å²) in [6.07, 6.45) is 9.72. The highest BCUT2D eigenvalue weighted by atomic mass is 16.2.